The fourth-order valence-corrected chi connectivity index (χ4v) is 4.72. The van der Waals surface area contributed by atoms with Crippen molar-refractivity contribution in [1.82, 2.24) is 19.3 Å². The van der Waals surface area contributed by atoms with Crippen LogP contribution in [0.2, 0.25) is 5.02 Å². The lowest BCUT2D eigenvalue weighted by molar-refractivity contribution is -0.119. The summed E-state index contributed by atoms with van der Waals surface area (Å²) in [6.45, 7) is 1.90. The number of carbonyl (C=O) groups excluding carboxylic acids is 1. The van der Waals surface area contributed by atoms with E-state index in [0.29, 0.717) is 21.9 Å². The molecule has 6 rings (SSSR count). The van der Waals surface area contributed by atoms with Gasteiger partial charge in [-0.05, 0) is 56.2 Å². The Kier molecular flexibility index (Phi) is 5.20. The maximum atomic E-state index is 13.5. The van der Waals surface area contributed by atoms with Crippen molar-refractivity contribution in [2.45, 2.75) is 39.3 Å². The molecule has 1 atom stereocenters. The third kappa shape index (κ3) is 3.20. The number of likely N-dealkylation sites (N-methyl/N-ethyl adjacent to an activating group) is 1. The van der Waals surface area contributed by atoms with Crippen molar-refractivity contribution in [3.05, 3.63) is 70.1 Å². The second-order valence-corrected chi connectivity index (χ2v) is 8.95. The van der Waals surface area contributed by atoms with E-state index < -0.39 is 0 Å². The lowest BCUT2D eigenvalue weighted by Gasteiger charge is -2.39. The third-order valence-electron chi connectivity index (χ3n) is 6.40. The molecule has 0 saturated heterocycles. The number of para-hydroxylation sites is 1. The number of amides is 1. The molecule has 4 aromatic rings. The molecule has 1 saturated carbocycles. The predicted molar refractivity (Wildman–Crippen MR) is 135 cm³/mol. The Bertz CT molecular complexity index is 1470. The fourth-order valence-electron chi connectivity index (χ4n) is 4.60. The van der Waals surface area contributed by atoms with Gasteiger partial charge in [-0.1, -0.05) is 31.2 Å². The molecule has 174 valence electrons. The van der Waals surface area contributed by atoms with Crippen molar-refractivity contribution in [2.75, 3.05) is 16.8 Å². The van der Waals surface area contributed by atoms with Gasteiger partial charge in [-0.15, -0.1) is 0 Å². The average Bonchev–Trinajstić information content (AvgIpc) is 3.62. The average molecular weight is 477 g/mol. The highest BCUT2D eigenvalue weighted by Crippen LogP contribution is 2.41. The summed E-state index contributed by atoms with van der Waals surface area (Å²) in [5.74, 6) is 0.945. The van der Waals surface area contributed by atoms with Crippen molar-refractivity contribution in [3.8, 4) is 11.6 Å². The molecule has 2 aliphatic rings. The van der Waals surface area contributed by atoms with E-state index in [4.69, 9.17) is 16.6 Å². The van der Waals surface area contributed by atoms with Crippen LogP contribution in [-0.2, 0) is 4.79 Å². The van der Waals surface area contributed by atoms with Crippen LogP contribution in [0.25, 0.3) is 22.5 Å². The highest BCUT2D eigenvalue weighted by molar-refractivity contribution is 6.30. The zero-order valence-electron chi connectivity index (χ0n) is 18.1. The summed E-state index contributed by atoms with van der Waals surface area (Å²) in [5, 5.41) is 1.17. The first-order valence-corrected chi connectivity index (χ1v) is 11.3. The zero-order valence-corrected chi connectivity index (χ0v) is 18.9. The molecule has 9 heteroatoms. The molecule has 0 radical (unpaired) electrons. The first-order valence-electron chi connectivity index (χ1n) is 10.9. The van der Waals surface area contributed by atoms with Crippen molar-refractivity contribution < 1.29 is 4.79 Å². The Morgan fingerprint density at radius 3 is 2.41 bits per heavy atom. The molecular formula is C25H25ClN6O2. The number of halogens is 1. The monoisotopic (exact) mass is 476 g/mol. The molecule has 1 amide bonds. The summed E-state index contributed by atoms with van der Waals surface area (Å²) in [5.41, 5.74) is 1.94. The number of hydrogen-bond acceptors (Lipinski definition) is 5. The van der Waals surface area contributed by atoms with Crippen molar-refractivity contribution in [3.63, 3.8) is 0 Å². The minimum Gasteiger partial charge on any atom is -0.340 e. The van der Waals surface area contributed by atoms with Gasteiger partial charge in [0, 0.05) is 18.1 Å². The van der Waals surface area contributed by atoms with E-state index in [9.17, 15) is 9.59 Å². The second kappa shape index (κ2) is 7.99. The van der Waals surface area contributed by atoms with Crippen molar-refractivity contribution in [2.24, 2.45) is 0 Å². The number of rotatable bonds is 3. The fraction of sp³-hybridized carbons (Fsp3) is 0.280. The number of anilines is 2. The van der Waals surface area contributed by atoms with E-state index in [1.807, 2.05) is 37.3 Å². The summed E-state index contributed by atoms with van der Waals surface area (Å²) in [7, 11) is 1.74. The van der Waals surface area contributed by atoms with Gasteiger partial charge in [-0.2, -0.15) is 9.67 Å². The topological polar surface area (TPSA) is 76.3 Å². The summed E-state index contributed by atoms with van der Waals surface area (Å²) in [6.07, 6.45) is 3.67. The summed E-state index contributed by atoms with van der Waals surface area (Å²) < 4.78 is 3.29. The maximum absolute atomic E-state index is 13.5. The van der Waals surface area contributed by atoms with E-state index in [0.717, 1.165) is 24.0 Å². The normalized spacial score (nSPS) is 17.6. The summed E-state index contributed by atoms with van der Waals surface area (Å²) >= 11 is 6.11. The quantitative estimate of drug-likeness (QED) is 0.443. The van der Waals surface area contributed by atoms with E-state index in [1.54, 1.807) is 41.0 Å². The highest BCUT2D eigenvalue weighted by atomic mass is 35.5. The van der Waals surface area contributed by atoms with Gasteiger partial charge in [-0.25, -0.2) is 9.67 Å². The summed E-state index contributed by atoms with van der Waals surface area (Å²) in [6, 6.07) is 14.7. The van der Waals surface area contributed by atoms with Crippen molar-refractivity contribution in [1.29, 1.82) is 0 Å². The first kappa shape index (κ1) is 22.2. The molecule has 1 fully saturated rings. The van der Waals surface area contributed by atoms with Gasteiger partial charge >= 0.3 is 0 Å². The van der Waals surface area contributed by atoms with E-state index in [-0.39, 0.29) is 36.9 Å². The number of aromatic nitrogens is 4. The molecule has 1 aliphatic heterocycles. The lowest BCUT2D eigenvalue weighted by atomic mass is 10.1. The number of nitrogens with zero attached hydrogens (tertiary/aromatic N) is 6. The number of carbonyl (C=O) groups is 1. The Balaban J connectivity index is 0.00000241. The standard InChI is InChI=1S/C24H21ClN6O2.CH4/c1-14-22(32)28(2)20-13-26-24(27-21(20)29(14)16-11-12-16)31-23(33)18-5-3-4-6-19(18)30(31)17-9-7-15(25)8-10-17;/h3-10,13-14,16H,11-12H2,1-2H3;1H4. The van der Waals surface area contributed by atoms with E-state index in [2.05, 4.69) is 9.88 Å². The first-order chi connectivity index (χ1) is 16.0. The Morgan fingerprint density at radius 1 is 1.00 bits per heavy atom. The maximum Gasteiger partial charge on any atom is 0.282 e. The van der Waals surface area contributed by atoms with Gasteiger partial charge in [0.15, 0.2) is 5.82 Å². The largest absolute Gasteiger partial charge is 0.340 e. The third-order valence-corrected chi connectivity index (χ3v) is 6.66. The zero-order chi connectivity index (χ0) is 22.9. The highest BCUT2D eigenvalue weighted by Gasteiger charge is 2.43. The van der Waals surface area contributed by atoms with Gasteiger partial charge in [0.1, 0.15) is 11.7 Å². The van der Waals surface area contributed by atoms with Gasteiger partial charge < -0.3 is 9.80 Å². The van der Waals surface area contributed by atoms with Crippen LogP contribution in [0.3, 0.4) is 0 Å². The Labute approximate surface area is 202 Å². The van der Waals surface area contributed by atoms with E-state index in [1.165, 1.54) is 4.68 Å². The molecule has 1 aliphatic carbocycles. The van der Waals surface area contributed by atoms with Crippen LogP contribution in [0.1, 0.15) is 27.2 Å². The molecule has 34 heavy (non-hydrogen) atoms. The molecule has 2 aromatic carbocycles. The van der Waals surface area contributed by atoms with Crippen LogP contribution in [0, 0.1) is 0 Å². The van der Waals surface area contributed by atoms with Crippen LogP contribution >= 0.6 is 11.6 Å². The Morgan fingerprint density at radius 2 is 1.71 bits per heavy atom. The van der Waals surface area contributed by atoms with Crippen LogP contribution in [0.5, 0.6) is 0 Å². The second-order valence-electron chi connectivity index (χ2n) is 8.51. The van der Waals surface area contributed by atoms with Crippen LogP contribution in [-0.4, -0.2) is 44.4 Å². The number of benzene rings is 2. The van der Waals surface area contributed by atoms with Crippen LogP contribution in [0.4, 0.5) is 11.5 Å². The predicted octanol–water partition coefficient (Wildman–Crippen LogP) is 4.19. The smallest absolute Gasteiger partial charge is 0.282 e. The number of fused-ring (bicyclic) bond motifs is 2. The Hall–Kier alpha value is -3.65. The van der Waals surface area contributed by atoms with Crippen LogP contribution < -0.4 is 15.4 Å². The minimum absolute atomic E-state index is 0. The number of hydrogen-bond donors (Lipinski definition) is 0. The van der Waals surface area contributed by atoms with Gasteiger partial charge in [0.25, 0.3) is 11.5 Å². The van der Waals surface area contributed by atoms with Gasteiger partial charge in [0.2, 0.25) is 5.91 Å². The minimum atomic E-state index is -0.323. The molecule has 0 spiro atoms. The van der Waals surface area contributed by atoms with Gasteiger partial charge in [-0.3, -0.25) is 9.59 Å². The van der Waals surface area contributed by atoms with Gasteiger partial charge in [0.05, 0.1) is 22.8 Å². The molecule has 0 bridgehead atoms. The van der Waals surface area contributed by atoms with Crippen molar-refractivity contribution >= 4 is 39.9 Å². The molecule has 1 unspecified atom stereocenters. The van der Waals surface area contributed by atoms with Crippen LogP contribution in [0.15, 0.2) is 59.5 Å². The molecule has 8 nitrogen and oxygen atoms in total. The lowest BCUT2D eigenvalue weighted by Crippen LogP contribution is -2.52. The summed E-state index contributed by atoms with van der Waals surface area (Å²) in [4.78, 5) is 39.4. The molecule has 2 aromatic heterocycles. The molecular weight excluding hydrogens is 452 g/mol. The molecule has 3 heterocycles. The van der Waals surface area contributed by atoms with E-state index >= 15 is 0 Å². The SMILES string of the molecule is C.CC1C(=O)N(C)c2cnc(-n3c(=O)c4ccccc4n3-c3ccc(Cl)cc3)nc2N1C1CC1. The molecule has 0 N–H and O–H groups in total.